The standard InChI is InChI=1S/C20H23F2N3O/c1-13(14-7-8-17(21)18(22)11-14)25-20(23-2)24-12-15-9-10-26-19-6-4-3-5-16(15)19/h3-8,11,13,15H,9-10,12H2,1-2H3,(H2,23,24,25). The van der Waals surface area contributed by atoms with Gasteiger partial charge in [-0.1, -0.05) is 24.3 Å². The highest BCUT2D eigenvalue weighted by molar-refractivity contribution is 5.80. The second kappa shape index (κ2) is 8.17. The van der Waals surface area contributed by atoms with E-state index in [1.165, 1.54) is 11.6 Å². The molecule has 1 aliphatic rings. The Kier molecular flexibility index (Phi) is 5.71. The molecule has 2 atom stereocenters. The van der Waals surface area contributed by atoms with Crippen LogP contribution < -0.4 is 15.4 Å². The van der Waals surface area contributed by atoms with E-state index in [1.807, 2.05) is 25.1 Å². The largest absolute Gasteiger partial charge is 0.493 e. The van der Waals surface area contributed by atoms with Gasteiger partial charge in [0.15, 0.2) is 17.6 Å². The number of aliphatic imine (C=N–C) groups is 1. The maximum Gasteiger partial charge on any atom is 0.191 e. The lowest BCUT2D eigenvalue weighted by Crippen LogP contribution is -2.41. The minimum atomic E-state index is -0.849. The number of para-hydroxylation sites is 1. The van der Waals surface area contributed by atoms with Crippen LogP contribution in [0.1, 0.15) is 36.4 Å². The fourth-order valence-electron chi connectivity index (χ4n) is 3.11. The van der Waals surface area contributed by atoms with E-state index < -0.39 is 11.6 Å². The number of benzene rings is 2. The van der Waals surface area contributed by atoms with Crippen molar-refractivity contribution in [3.63, 3.8) is 0 Å². The zero-order valence-corrected chi connectivity index (χ0v) is 14.9. The number of ether oxygens (including phenoxy) is 1. The van der Waals surface area contributed by atoms with Gasteiger partial charge in [-0.3, -0.25) is 4.99 Å². The Labute approximate surface area is 152 Å². The number of hydrogen-bond donors (Lipinski definition) is 2. The van der Waals surface area contributed by atoms with E-state index in [9.17, 15) is 8.78 Å². The first-order valence-corrected chi connectivity index (χ1v) is 8.72. The van der Waals surface area contributed by atoms with E-state index in [0.29, 0.717) is 30.6 Å². The SMILES string of the molecule is CN=C(NCC1CCOc2ccccc21)NC(C)c1ccc(F)c(F)c1. The third kappa shape index (κ3) is 4.12. The van der Waals surface area contributed by atoms with Crippen molar-refractivity contribution in [1.29, 1.82) is 0 Å². The van der Waals surface area contributed by atoms with Gasteiger partial charge in [-0.2, -0.15) is 0 Å². The van der Waals surface area contributed by atoms with Crippen molar-refractivity contribution >= 4 is 5.96 Å². The molecule has 0 amide bonds. The molecule has 1 heterocycles. The maximum absolute atomic E-state index is 13.4. The van der Waals surface area contributed by atoms with E-state index in [4.69, 9.17) is 4.74 Å². The van der Waals surface area contributed by atoms with Crippen molar-refractivity contribution in [2.45, 2.75) is 25.3 Å². The summed E-state index contributed by atoms with van der Waals surface area (Å²) in [5.41, 5.74) is 1.85. The normalized spacial score (nSPS) is 17.8. The fourth-order valence-corrected chi connectivity index (χ4v) is 3.11. The summed E-state index contributed by atoms with van der Waals surface area (Å²) in [6.07, 6.45) is 0.930. The van der Waals surface area contributed by atoms with E-state index in [2.05, 4.69) is 21.7 Å². The van der Waals surface area contributed by atoms with Gasteiger partial charge < -0.3 is 15.4 Å². The van der Waals surface area contributed by atoms with E-state index in [0.717, 1.165) is 18.2 Å². The summed E-state index contributed by atoms with van der Waals surface area (Å²) in [6, 6.07) is 11.8. The first-order chi connectivity index (χ1) is 12.6. The second-order valence-corrected chi connectivity index (χ2v) is 6.36. The van der Waals surface area contributed by atoms with Crippen molar-refractivity contribution in [3.05, 3.63) is 65.2 Å². The molecule has 0 spiro atoms. The lowest BCUT2D eigenvalue weighted by Gasteiger charge is -2.27. The van der Waals surface area contributed by atoms with Crippen LogP contribution in [-0.2, 0) is 0 Å². The van der Waals surface area contributed by atoms with Crippen LogP contribution in [0, 0.1) is 11.6 Å². The lowest BCUT2D eigenvalue weighted by atomic mass is 9.93. The van der Waals surface area contributed by atoms with Gasteiger partial charge in [-0.05, 0) is 42.7 Å². The Bertz CT molecular complexity index is 794. The van der Waals surface area contributed by atoms with Gasteiger partial charge in [0.1, 0.15) is 5.75 Å². The highest BCUT2D eigenvalue weighted by atomic mass is 19.2. The molecule has 0 aromatic heterocycles. The van der Waals surface area contributed by atoms with Gasteiger partial charge in [-0.15, -0.1) is 0 Å². The van der Waals surface area contributed by atoms with E-state index in [1.54, 1.807) is 13.1 Å². The van der Waals surface area contributed by atoms with Crippen molar-refractivity contribution in [2.24, 2.45) is 4.99 Å². The molecule has 0 saturated heterocycles. The van der Waals surface area contributed by atoms with Gasteiger partial charge >= 0.3 is 0 Å². The molecule has 2 N–H and O–H groups in total. The molecule has 0 fully saturated rings. The lowest BCUT2D eigenvalue weighted by molar-refractivity contribution is 0.267. The Morgan fingerprint density at radius 2 is 2.04 bits per heavy atom. The summed E-state index contributed by atoms with van der Waals surface area (Å²) >= 11 is 0. The first-order valence-electron chi connectivity index (χ1n) is 8.72. The van der Waals surface area contributed by atoms with Crippen molar-refractivity contribution < 1.29 is 13.5 Å². The summed E-state index contributed by atoms with van der Waals surface area (Å²) in [5.74, 6) is 0.187. The Hall–Kier alpha value is -2.63. The van der Waals surface area contributed by atoms with Gasteiger partial charge in [-0.25, -0.2) is 8.78 Å². The van der Waals surface area contributed by atoms with Crippen molar-refractivity contribution in [3.8, 4) is 5.75 Å². The minimum Gasteiger partial charge on any atom is -0.493 e. The minimum absolute atomic E-state index is 0.210. The van der Waals surface area contributed by atoms with Gasteiger partial charge in [0.05, 0.1) is 12.6 Å². The van der Waals surface area contributed by atoms with Gasteiger partial charge in [0, 0.05) is 19.5 Å². The van der Waals surface area contributed by atoms with Crippen LogP contribution in [0.25, 0.3) is 0 Å². The number of guanidine groups is 1. The maximum atomic E-state index is 13.4. The smallest absolute Gasteiger partial charge is 0.191 e. The zero-order chi connectivity index (χ0) is 18.5. The molecular formula is C20H23F2N3O. The Morgan fingerprint density at radius 1 is 1.23 bits per heavy atom. The Morgan fingerprint density at radius 3 is 2.81 bits per heavy atom. The molecule has 0 saturated carbocycles. The molecule has 2 unspecified atom stereocenters. The molecule has 1 aliphatic heterocycles. The number of rotatable bonds is 4. The van der Waals surface area contributed by atoms with Crippen LogP contribution in [0.2, 0.25) is 0 Å². The predicted molar refractivity (Wildman–Crippen MR) is 98.6 cm³/mol. The Balaban J connectivity index is 1.61. The number of halogens is 2. The van der Waals surface area contributed by atoms with Gasteiger partial charge in [0.2, 0.25) is 0 Å². The van der Waals surface area contributed by atoms with Gasteiger partial charge in [0.25, 0.3) is 0 Å². The van der Waals surface area contributed by atoms with Crippen LogP contribution in [0.5, 0.6) is 5.75 Å². The van der Waals surface area contributed by atoms with E-state index in [-0.39, 0.29) is 6.04 Å². The highest BCUT2D eigenvalue weighted by Crippen LogP contribution is 2.32. The summed E-state index contributed by atoms with van der Waals surface area (Å²) in [7, 11) is 1.69. The quantitative estimate of drug-likeness (QED) is 0.645. The van der Waals surface area contributed by atoms with Crippen LogP contribution >= 0.6 is 0 Å². The van der Waals surface area contributed by atoms with Crippen molar-refractivity contribution in [2.75, 3.05) is 20.2 Å². The average molecular weight is 359 g/mol. The molecule has 4 nitrogen and oxygen atoms in total. The van der Waals surface area contributed by atoms with Crippen LogP contribution in [0.3, 0.4) is 0 Å². The monoisotopic (exact) mass is 359 g/mol. The molecule has 2 aromatic rings. The molecule has 0 aliphatic carbocycles. The molecule has 2 aromatic carbocycles. The molecule has 138 valence electrons. The summed E-state index contributed by atoms with van der Waals surface area (Å²) in [6.45, 7) is 3.29. The predicted octanol–water partition coefficient (Wildman–Crippen LogP) is 3.76. The molecule has 0 bridgehead atoms. The van der Waals surface area contributed by atoms with Crippen molar-refractivity contribution in [1.82, 2.24) is 10.6 Å². The molecular weight excluding hydrogens is 336 g/mol. The first kappa shape index (κ1) is 18.2. The number of fused-ring (bicyclic) bond motifs is 1. The molecule has 0 radical (unpaired) electrons. The molecule has 6 heteroatoms. The van der Waals surface area contributed by atoms with Crippen LogP contribution in [-0.4, -0.2) is 26.2 Å². The summed E-state index contributed by atoms with van der Waals surface area (Å²) < 4.78 is 32.2. The average Bonchev–Trinajstić information content (AvgIpc) is 2.67. The van der Waals surface area contributed by atoms with Crippen LogP contribution in [0.15, 0.2) is 47.5 Å². The number of nitrogens with zero attached hydrogens (tertiary/aromatic N) is 1. The van der Waals surface area contributed by atoms with E-state index >= 15 is 0 Å². The van der Waals surface area contributed by atoms with Crippen LogP contribution in [0.4, 0.5) is 8.78 Å². The third-order valence-corrected chi connectivity index (χ3v) is 4.62. The fraction of sp³-hybridized carbons (Fsp3) is 0.350. The number of hydrogen-bond acceptors (Lipinski definition) is 2. The second-order valence-electron chi connectivity index (χ2n) is 6.36. The zero-order valence-electron chi connectivity index (χ0n) is 14.9. The third-order valence-electron chi connectivity index (χ3n) is 4.62. The molecule has 26 heavy (non-hydrogen) atoms. The number of nitrogens with one attached hydrogen (secondary N) is 2. The summed E-state index contributed by atoms with van der Waals surface area (Å²) in [4.78, 5) is 4.23. The summed E-state index contributed by atoms with van der Waals surface area (Å²) in [5, 5.41) is 6.53. The highest BCUT2D eigenvalue weighted by Gasteiger charge is 2.21. The molecule has 3 rings (SSSR count). The topological polar surface area (TPSA) is 45.7 Å².